The van der Waals surface area contributed by atoms with Crippen LogP contribution in [0.15, 0.2) is 0 Å². The molecule has 1 fully saturated rings. The zero-order valence-electron chi connectivity index (χ0n) is 7.65. The third kappa shape index (κ3) is 3.62. The van der Waals surface area contributed by atoms with Crippen LogP contribution in [-0.2, 0) is 10.1 Å². The highest BCUT2D eigenvalue weighted by molar-refractivity contribution is 7.86. The van der Waals surface area contributed by atoms with Crippen molar-refractivity contribution in [3.8, 4) is 0 Å². The van der Waals surface area contributed by atoms with Gasteiger partial charge in [-0.15, -0.1) is 0 Å². The van der Waals surface area contributed by atoms with Crippen molar-refractivity contribution in [2.45, 2.75) is 43.9 Å². The van der Waals surface area contributed by atoms with E-state index in [2.05, 4.69) is 0 Å². The quantitative estimate of drug-likeness (QED) is 0.677. The molecule has 3 N–H and O–H groups in total. The highest BCUT2D eigenvalue weighted by Gasteiger charge is 2.21. The Labute approximate surface area is 79.3 Å². The van der Waals surface area contributed by atoms with Crippen molar-refractivity contribution in [2.24, 2.45) is 11.7 Å². The number of hydrogen-bond acceptors (Lipinski definition) is 3. The van der Waals surface area contributed by atoms with E-state index < -0.39 is 15.5 Å². The summed E-state index contributed by atoms with van der Waals surface area (Å²) in [5.74, 6) is 0.618. The smallest absolute Gasteiger partial charge is 0.280 e. The van der Waals surface area contributed by atoms with Crippen molar-refractivity contribution >= 4 is 10.1 Å². The van der Waals surface area contributed by atoms with E-state index in [0.717, 1.165) is 6.42 Å². The fourth-order valence-corrected chi connectivity index (χ4v) is 2.28. The minimum absolute atomic E-state index is 0.378. The Morgan fingerprint density at radius 3 is 2.38 bits per heavy atom. The van der Waals surface area contributed by atoms with E-state index in [-0.39, 0.29) is 0 Å². The first-order valence-electron chi connectivity index (χ1n) is 4.72. The second kappa shape index (κ2) is 4.39. The summed E-state index contributed by atoms with van der Waals surface area (Å²) in [5.41, 5.74) is 5.29. The molecule has 0 bridgehead atoms. The zero-order chi connectivity index (χ0) is 9.90. The van der Waals surface area contributed by atoms with Gasteiger partial charge in [0.1, 0.15) is 5.37 Å². The van der Waals surface area contributed by atoms with Crippen LogP contribution < -0.4 is 5.73 Å². The average Bonchev–Trinajstić information content (AvgIpc) is 2.50. The lowest BCUT2D eigenvalue weighted by Crippen LogP contribution is -2.30. The van der Waals surface area contributed by atoms with Crippen molar-refractivity contribution in [3.63, 3.8) is 0 Å². The standard InChI is InChI=1S/C8H17NO3S/c9-8(13(10,11)12)6-5-7-3-1-2-4-7/h7-8H,1-6,9H2,(H,10,11,12). The zero-order valence-corrected chi connectivity index (χ0v) is 8.46. The molecule has 0 aliphatic heterocycles. The van der Waals surface area contributed by atoms with Gasteiger partial charge >= 0.3 is 0 Å². The lowest BCUT2D eigenvalue weighted by atomic mass is 10.0. The van der Waals surface area contributed by atoms with Crippen molar-refractivity contribution in [1.82, 2.24) is 0 Å². The predicted molar refractivity (Wildman–Crippen MR) is 50.7 cm³/mol. The van der Waals surface area contributed by atoms with Crippen LogP contribution in [0.1, 0.15) is 38.5 Å². The molecule has 0 spiro atoms. The molecule has 13 heavy (non-hydrogen) atoms. The summed E-state index contributed by atoms with van der Waals surface area (Å²) in [4.78, 5) is 0. The van der Waals surface area contributed by atoms with Crippen LogP contribution in [0.5, 0.6) is 0 Å². The highest BCUT2D eigenvalue weighted by Crippen LogP contribution is 2.29. The van der Waals surface area contributed by atoms with Crippen LogP contribution >= 0.6 is 0 Å². The molecule has 4 nitrogen and oxygen atoms in total. The topological polar surface area (TPSA) is 80.4 Å². The Balaban J connectivity index is 2.25. The molecule has 0 saturated heterocycles. The third-order valence-electron chi connectivity index (χ3n) is 2.72. The Morgan fingerprint density at radius 2 is 1.92 bits per heavy atom. The summed E-state index contributed by atoms with van der Waals surface area (Å²) in [6.45, 7) is 0. The molecule has 0 heterocycles. The first-order valence-corrected chi connectivity index (χ1v) is 6.22. The Morgan fingerprint density at radius 1 is 1.38 bits per heavy atom. The Kier molecular flexibility index (Phi) is 3.70. The summed E-state index contributed by atoms with van der Waals surface area (Å²) >= 11 is 0. The number of nitrogens with two attached hydrogens (primary N) is 1. The second-order valence-corrected chi connectivity index (χ2v) is 5.42. The van der Waals surface area contributed by atoms with Gasteiger partial charge in [0.15, 0.2) is 0 Å². The molecule has 78 valence electrons. The van der Waals surface area contributed by atoms with Gasteiger partial charge in [-0.1, -0.05) is 25.7 Å². The van der Waals surface area contributed by atoms with Crippen molar-refractivity contribution in [2.75, 3.05) is 0 Å². The van der Waals surface area contributed by atoms with E-state index in [4.69, 9.17) is 10.3 Å². The van der Waals surface area contributed by atoms with Crippen LogP contribution in [-0.4, -0.2) is 18.3 Å². The first-order chi connectivity index (χ1) is 6.00. The summed E-state index contributed by atoms with van der Waals surface area (Å²) in [7, 11) is -4.02. The highest BCUT2D eigenvalue weighted by atomic mass is 32.2. The Bertz CT molecular complexity index is 244. The molecule has 1 saturated carbocycles. The lowest BCUT2D eigenvalue weighted by molar-refractivity contribution is 0.436. The number of hydrogen-bond donors (Lipinski definition) is 2. The van der Waals surface area contributed by atoms with Gasteiger partial charge < -0.3 is 5.73 Å². The van der Waals surface area contributed by atoms with Gasteiger partial charge in [-0.25, -0.2) is 0 Å². The molecule has 1 aliphatic rings. The molecule has 1 unspecified atom stereocenters. The fraction of sp³-hybridized carbons (Fsp3) is 1.00. The van der Waals surface area contributed by atoms with Crippen LogP contribution in [0.25, 0.3) is 0 Å². The van der Waals surface area contributed by atoms with Crippen LogP contribution in [0.4, 0.5) is 0 Å². The molecule has 5 heteroatoms. The molecule has 1 rings (SSSR count). The minimum atomic E-state index is -4.02. The summed E-state index contributed by atoms with van der Waals surface area (Å²) in [5, 5.41) is -1.09. The predicted octanol–water partition coefficient (Wildman–Crippen LogP) is 1.13. The Hall–Kier alpha value is -0.130. The van der Waals surface area contributed by atoms with Gasteiger partial charge in [0, 0.05) is 0 Å². The van der Waals surface area contributed by atoms with Crippen LogP contribution in [0.3, 0.4) is 0 Å². The third-order valence-corrected chi connectivity index (χ3v) is 3.72. The average molecular weight is 207 g/mol. The van der Waals surface area contributed by atoms with Gasteiger partial charge in [0.25, 0.3) is 10.1 Å². The maximum absolute atomic E-state index is 10.6. The van der Waals surface area contributed by atoms with Crippen molar-refractivity contribution in [1.29, 1.82) is 0 Å². The maximum Gasteiger partial charge on any atom is 0.280 e. The molecular formula is C8H17NO3S. The van der Waals surface area contributed by atoms with Gasteiger partial charge in [-0.3, -0.25) is 4.55 Å². The molecule has 0 radical (unpaired) electrons. The summed E-state index contributed by atoms with van der Waals surface area (Å²) in [6, 6.07) is 0. The summed E-state index contributed by atoms with van der Waals surface area (Å²) < 4.78 is 29.7. The van der Waals surface area contributed by atoms with E-state index in [1.807, 2.05) is 0 Å². The maximum atomic E-state index is 10.6. The van der Waals surface area contributed by atoms with Gasteiger partial charge in [0.2, 0.25) is 0 Å². The fourth-order valence-electron chi connectivity index (χ4n) is 1.85. The van der Waals surface area contributed by atoms with E-state index in [0.29, 0.717) is 12.3 Å². The molecule has 1 aliphatic carbocycles. The van der Waals surface area contributed by atoms with E-state index in [1.165, 1.54) is 25.7 Å². The molecule has 0 aromatic carbocycles. The second-order valence-electron chi connectivity index (χ2n) is 3.78. The molecule has 1 atom stereocenters. The van der Waals surface area contributed by atoms with Gasteiger partial charge in [0.05, 0.1) is 0 Å². The summed E-state index contributed by atoms with van der Waals surface area (Å²) in [6.07, 6.45) is 6.04. The largest absolute Gasteiger partial charge is 0.313 e. The van der Waals surface area contributed by atoms with E-state index in [1.54, 1.807) is 0 Å². The molecular weight excluding hydrogens is 190 g/mol. The number of rotatable bonds is 4. The first kappa shape index (κ1) is 10.9. The van der Waals surface area contributed by atoms with E-state index >= 15 is 0 Å². The van der Waals surface area contributed by atoms with Crippen molar-refractivity contribution in [3.05, 3.63) is 0 Å². The van der Waals surface area contributed by atoms with Gasteiger partial charge in [-0.2, -0.15) is 8.42 Å². The molecule has 0 aromatic rings. The van der Waals surface area contributed by atoms with Gasteiger partial charge in [-0.05, 0) is 18.8 Å². The van der Waals surface area contributed by atoms with Crippen LogP contribution in [0, 0.1) is 5.92 Å². The monoisotopic (exact) mass is 207 g/mol. The van der Waals surface area contributed by atoms with E-state index in [9.17, 15) is 8.42 Å². The van der Waals surface area contributed by atoms with Crippen LogP contribution in [0.2, 0.25) is 0 Å². The molecule has 0 amide bonds. The minimum Gasteiger partial charge on any atom is -0.313 e. The van der Waals surface area contributed by atoms with Crippen molar-refractivity contribution < 1.29 is 13.0 Å². The lowest BCUT2D eigenvalue weighted by Gasteiger charge is -2.11. The SMILES string of the molecule is NC(CCC1CCCC1)S(=O)(=O)O. The molecule has 0 aromatic heterocycles. The normalized spacial score (nSPS) is 22.0.